The number of nitrogens with zero attached hydrogens (tertiary/aromatic N) is 1. The number of rotatable bonds is 6. The molecule has 1 rings (SSSR count). The van der Waals surface area contributed by atoms with Crippen LogP contribution in [0.2, 0.25) is 0 Å². The Balaban J connectivity index is 2.49. The lowest BCUT2D eigenvalue weighted by Gasteiger charge is -2.36. The summed E-state index contributed by atoms with van der Waals surface area (Å²) in [6.07, 6.45) is -1.09. The zero-order valence-corrected chi connectivity index (χ0v) is 12.6. The van der Waals surface area contributed by atoms with Gasteiger partial charge >= 0.3 is 6.18 Å². The summed E-state index contributed by atoms with van der Waals surface area (Å²) in [6.45, 7) is -1.11. The fourth-order valence-electron chi connectivity index (χ4n) is 2.20. The molecule has 1 aliphatic heterocycles. The van der Waals surface area contributed by atoms with Crippen molar-refractivity contribution in [3.05, 3.63) is 0 Å². The molecular formula is C11H20F3N3O3S. The molecule has 2 N–H and O–H groups in total. The number of alkyl halides is 3. The van der Waals surface area contributed by atoms with Crippen LogP contribution in [0.1, 0.15) is 19.3 Å². The Morgan fingerprint density at radius 1 is 1.33 bits per heavy atom. The maximum absolute atomic E-state index is 12.0. The van der Waals surface area contributed by atoms with E-state index in [0.29, 0.717) is 13.0 Å². The first-order valence-corrected chi connectivity index (χ1v) is 8.49. The van der Waals surface area contributed by atoms with Gasteiger partial charge in [0.15, 0.2) is 0 Å². The summed E-state index contributed by atoms with van der Waals surface area (Å²) in [5, 5.41) is 2.06. The summed E-state index contributed by atoms with van der Waals surface area (Å²) in [4.78, 5) is 13.4. The zero-order valence-electron chi connectivity index (χ0n) is 11.7. The molecule has 0 saturated carbocycles. The maximum Gasteiger partial charge on any atom is 0.401 e. The highest BCUT2D eigenvalue weighted by Crippen LogP contribution is 2.17. The molecule has 21 heavy (non-hydrogen) atoms. The van der Waals surface area contributed by atoms with Crippen molar-refractivity contribution in [2.24, 2.45) is 0 Å². The SMILES string of the molecule is CS(=O)(=O)NCC1CCCCN1C(=O)CNCC(F)(F)F. The predicted octanol–water partition coefficient (Wildman–Crippen LogP) is 0.0686. The number of hydrogen-bond donors (Lipinski definition) is 2. The minimum atomic E-state index is -4.36. The van der Waals surface area contributed by atoms with Gasteiger partial charge in [0.2, 0.25) is 15.9 Å². The second-order valence-corrected chi connectivity index (χ2v) is 6.91. The highest BCUT2D eigenvalue weighted by atomic mass is 32.2. The number of carbonyl (C=O) groups is 1. The number of likely N-dealkylation sites (tertiary alicyclic amines) is 1. The smallest absolute Gasteiger partial charge is 0.337 e. The van der Waals surface area contributed by atoms with Crippen molar-refractivity contribution in [3.63, 3.8) is 0 Å². The molecule has 0 aliphatic carbocycles. The topological polar surface area (TPSA) is 78.5 Å². The van der Waals surface area contributed by atoms with Crippen molar-refractivity contribution < 1.29 is 26.4 Å². The van der Waals surface area contributed by atoms with E-state index in [4.69, 9.17) is 0 Å². The average Bonchev–Trinajstić information content (AvgIpc) is 2.34. The molecule has 1 amide bonds. The number of hydrogen-bond acceptors (Lipinski definition) is 4. The Bertz CT molecular complexity index is 453. The molecule has 0 aromatic rings. The summed E-state index contributed by atoms with van der Waals surface area (Å²) in [5.74, 6) is -0.445. The summed E-state index contributed by atoms with van der Waals surface area (Å²) < 4.78 is 60.5. The fraction of sp³-hybridized carbons (Fsp3) is 0.909. The molecule has 1 saturated heterocycles. The Hall–Kier alpha value is -0.870. The summed E-state index contributed by atoms with van der Waals surface area (Å²) in [5.41, 5.74) is 0. The van der Waals surface area contributed by atoms with Crippen LogP contribution in [0, 0.1) is 0 Å². The van der Waals surface area contributed by atoms with Gasteiger partial charge in [0.05, 0.1) is 19.3 Å². The van der Waals surface area contributed by atoms with Crippen molar-refractivity contribution in [2.45, 2.75) is 31.5 Å². The van der Waals surface area contributed by atoms with E-state index in [2.05, 4.69) is 10.0 Å². The second-order valence-electron chi connectivity index (χ2n) is 5.08. The third kappa shape index (κ3) is 7.63. The Morgan fingerprint density at radius 3 is 2.57 bits per heavy atom. The zero-order chi connectivity index (χ0) is 16.1. The van der Waals surface area contributed by atoms with Crippen LogP contribution in [0.25, 0.3) is 0 Å². The second kappa shape index (κ2) is 7.41. The number of piperidine rings is 1. The van der Waals surface area contributed by atoms with E-state index < -0.39 is 35.2 Å². The Labute approximate surface area is 122 Å². The van der Waals surface area contributed by atoms with E-state index in [-0.39, 0.29) is 12.6 Å². The molecule has 6 nitrogen and oxygen atoms in total. The van der Waals surface area contributed by atoms with Gasteiger partial charge in [-0.1, -0.05) is 0 Å². The normalized spacial score (nSPS) is 20.6. The van der Waals surface area contributed by atoms with Crippen LogP contribution in [-0.4, -0.2) is 63.9 Å². The van der Waals surface area contributed by atoms with E-state index in [1.165, 1.54) is 4.90 Å². The number of sulfonamides is 1. The molecule has 124 valence electrons. The number of amides is 1. The quantitative estimate of drug-likeness (QED) is 0.722. The molecule has 1 atom stereocenters. The van der Waals surface area contributed by atoms with Gasteiger partial charge in [-0.2, -0.15) is 13.2 Å². The predicted molar refractivity (Wildman–Crippen MR) is 71.1 cm³/mol. The van der Waals surface area contributed by atoms with Crippen LogP contribution in [0.4, 0.5) is 13.2 Å². The largest absolute Gasteiger partial charge is 0.401 e. The first-order valence-electron chi connectivity index (χ1n) is 6.60. The van der Waals surface area contributed by atoms with E-state index >= 15 is 0 Å². The van der Waals surface area contributed by atoms with Crippen molar-refractivity contribution in [1.82, 2.24) is 14.9 Å². The van der Waals surface area contributed by atoms with Gasteiger partial charge in [0, 0.05) is 19.1 Å². The van der Waals surface area contributed by atoms with Crippen LogP contribution in [0.15, 0.2) is 0 Å². The average molecular weight is 331 g/mol. The van der Waals surface area contributed by atoms with E-state index in [1.807, 2.05) is 0 Å². The minimum absolute atomic E-state index is 0.0871. The van der Waals surface area contributed by atoms with Gasteiger partial charge in [-0.25, -0.2) is 13.1 Å². The van der Waals surface area contributed by atoms with Gasteiger partial charge in [0.25, 0.3) is 0 Å². The van der Waals surface area contributed by atoms with Crippen LogP contribution in [0.5, 0.6) is 0 Å². The highest BCUT2D eigenvalue weighted by Gasteiger charge is 2.29. The lowest BCUT2D eigenvalue weighted by molar-refractivity contribution is -0.136. The van der Waals surface area contributed by atoms with Crippen LogP contribution < -0.4 is 10.0 Å². The third-order valence-corrected chi connectivity index (χ3v) is 3.82. The third-order valence-electron chi connectivity index (χ3n) is 3.13. The molecule has 1 fully saturated rings. The number of halogens is 3. The first kappa shape index (κ1) is 18.2. The summed E-state index contributed by atoms with van der Waals surface area (Å²) >= 11 is 0. The van der Waals surface area contributed by atoms with Gasteiger partial charge < -0.3 is 10.2 Å². The number of carbonyl (C=O) groups excluding carboxylic acids is 1. The molecule has 0 aromatic carbocycles. The molecule has 1 aliphatic rings. The molecular weight excluding hydrogens is 311 g/mol. The fourth-order valence-corrected chi connectivity index (χ4v) is 2.70. The number of nitrogens with one attached hydrogen (secondary N) is 2. The Kier molecular flexibility index (Phi) is 6.41. The van der Waals surface area contributed by atoms with Gasteiger partial charge in [0.1, 0.15) is 0 Å². The molecule has 0 spiro atoms. The van der Waals surface area contributed by atoms with Crippen molar-refractivity contribution >= 4 is 15.9 Å². The van der Waals surface area contributed by atoms with E-state index in [0.717, 1.165) is 19.1 Å². The van der Waals surface area contributed by atoms with Crippen molar-refractivity contribution in [1.29, 1.82) is 0 Å². The first-order chi connectivity index (χ1) is 9.58. The molecule has 10 heteroatoms. The summed E-state index contributed by atoms with van der Waals surface area (Å²) in [7, 11) is -3.36. The van der Waals surface area contributed by atoms with Crippen LogP contribution >= 0.6 is 0 Å². The van der Waals surface area contributed by atoms with E-state index in [1.54, 1.807) is 0 Å². The minimum Gasteiger partial charge on any atom is -0.337 e. The standard InChI is InChI=1S/C11H20F3N3O3S/c1-21(19,20)16-6-9-4-2-3-5-17(9)10(18)7-15-8-11(12,13)14/h9,15-16H,2-8H2,1H3. The van der Waals surface area contributed by atoms with E-state index in [9.17, 15) is 26.4 Å². The van der Waals surface area contributed by atoms with Crippen LogP contribution in [0.3, 0.4) is 0 Å². The van der Waals surface area contributed by atoms with Crippen LogP contribution in [-0.2, 0) is 14.8 Å². The van der Waals surface area contributed by atoms with Gasteiger partial charge in [-0.15, -0.1) is 0 Å². The molecule has 0 aromatic heterocycles. The van der Waals surface area contributed by atoms with Gasteiger partial charge in [-0.05, 0) is 19.3 Å². The molecule has 1 heterocycles. The lowest BCUT2D eigenvalue weighted by Crippen LogP contribution is -2.52. The monoisotopic (exact) mass is 331 g/mol. The lowest BCUT2D eigenvalue weighted by atomic mass is 10.0. The van der Waals surface area contributed by atoms with Crippen molar-refractivity contribution in [2.75, 3.05) is 32.4 Å². The molecule has 1 unspecified atom stereocenters. The van der Waals surface area contributed by atoms with Gasteiger partial charge in [-0.3, -0.25) is 4.79 Å². The maximum atomic E-state index is 12.0. The van der Waals surface area contributed by atoms with Crippen molar-refractivity contribution in [3.8, 4) is 0 Å². The molecule has 0 radical (unpaired) electrons. The Morgan fingerprint density at radius 2 is 2.00 bits per heavy atom. The summed E-state index contributed by atoms with van der Waals surface area (Å²) in [6, 6.07) is -0.311. The molecule has 0 bridgehead atoms. The highest BCUT2D eigenvalue weighted by molar-refractivity contribution is 7.88.